The molecule has 8 heterocycles. The summed E-state index contributed by atoms with van der Waals surface area (Å²) in [5.74, 6) is 4.48. The van der Waals surface area contributed by atoms with Crippen LogP contribution < -0.4 is 47.8 Å². The molecule has 0 saturated carbocycles. The molecule has 10 aromatic carbocycles. The number of halogens is 1. The Labute approximate surface area is 602 Å². The summed E-state index contributed by atoms with van der Waals surface area (Å²) in [5.41, 5.74) is 16.2. The first-order valence-corrected chi connectivity index (χ1v) is 31.7. The van der Waals surface area contributed by atoms with Crippen molar-refractivity contribution in [1.82, 2.24) is 23.7 Å². The van der Waals surface area contributed by atoms with Crippen molar-refractivity contribution in [3.8, 4) is 40.3 Å². The summed E-state index contributed by atoms with van der Waals surface area (Å²) in [6, 6.07) is 82.1. The molecule has 0 unspecified atom stereocenters. The van der Waals surface area contributed by atoms with E-state index in [-0.39, 0.29) is 72.2 Å². The van der Waals surface area contributed by atoms with Crippen molar-refractivity contribution < 1.29 is 69.3 Å². The average Bonchev–Trinajstić information content (AvgIpc) is 1.60. The van der Waals surface area contributed by atoms with Crippen molar-refractivity contribution in [3.05, 3.63) is 267 Å². The van der Waals surface area contributed by atoms with Gasteiger partial charge in [0.1, 0.15) is 40.0 Å². The summed E-state index contributed by atoms with van der Waals surface area (Å²) in [6.45, 7) is 15.4. The Bertz CT molecular complexity index is 5910. The number of para-hydroxylation sites is 4. The van der Waals surface area contributed by atoms with E-state index in [4.69, 9.17) is 28.3 Å². The molecule has 0 spiro atoms. The molecule has 17 aromatic rings. The maximum absolute atomic E-state index is 6.57. The number of pyridine rings is 2. The molecule has 12 nitrogen and oxygen atoms in total. The Morgan fingerprint density at radius 1 is 0.490 bits per heavy atom. The minimum atomic E-state index is -0.00452. The Morgan fingerprint density at radius 3 is 1.73 bits per heavy atom. The Hall–Kier alpha value is -10.2. The van der Waals surface area contributed by atoms with E-state index in [9.17, 15) is 0 Å². The van der Waals surface area contributed by atoms with Gasteiger partial charge in [0, 0.05) is 102 Å². The van der Waals surface area contributed by atoms with Crippen molar-refractivity contribution >= 4 is 116 Å². The van der Waals surface area contributed by atoms with Crippen molar-refractivity contribution in [3.63, 3.8) is 0 Å². The largest absolute Gasteiger partial charge is 1.00 e. The van der Waals surface area contributed by atoms with Gasteiger partial charge < -0.3 is 56.7 Å². The van der Waals surface area contributed by atoms with Gasteiger partial charge in [0.2, 0.25) is 11.8 Å². The molecular formula is C84H74IN8O4Pt-3. The van der Waals surface area contributed by atoms with Gasteiger partial charge in [-0.2, -0.15) is 23.4 Å². The molecule has 0 fully saturated rings. The fraction of sp³-hybridized carbons (Fsp3) is 0.143. The third-order valence-corrected chi connectivity index (χ3v) is 18.2. The second-order valence-electron chi connectivity index (χ2n) is 26.4. The number of anilines is 3. The minimum Gasteiger partial charge on any atom is -1.00 e. The zero-order chi connectivity index (χ0) is 63.7. The van der Waals surface area contributed by atoms with Crippen LogP contribution in [0.25, 0.3) is 116 Å². The molecule has 14 heteroatoms. The van der Waals surface area contributed by atoms with E-state index >= 15 is 0 Å². The molecular weight excluding hydrogens is 1510 g/mol. The van der Waals surface area contributed by atoms with Crippen LogP contribution >= 0.6 is 0 Å². The molecule has 0 aliphatic carbocycles. The van der Waals surface area contributed by atoms with E-state index in [2.05, 4.69) is 247 Å². The SMILES string of the molecule is C.C.CN1[CH-]N(c2[c-]c(Oc3[c-]c4c(cc3)c3ccccc3n4-c3cc(C(C)(C)C)ccn3)ccc2)c2ccc3c(oc4ccccc43)c21.C[n+]1cn(-c2cccc(Oc3ccc4c5ccccc5n(-c5cc(C(C)(C)C)ccn5)c4c3)c2)c2ccc3c4ccccc4oc3c21.[2HH].[I-].[Pt]. The van der Waals surface area contributed by atoms with Crippen LogP contribution in [0.3, 0.4) is 0 Å². The summed E-state index contributed by atoms with van der Waals surface area (Å²) >= 11 is 0. The molecule has 1 aliphatic rings. The number of rotatable bonds is 8. The Morgan fingerprint density at radius 2 is 1.04 bits per heavy atom. The fourth-order valence-corrected chi connectivity index (χ4v) is 13.6. The Kier molecular flexibility index (Phi) is 17.4. The first-order valence-electron chi connectivity index (χ1n) is 31.7. The van der Waals surface area contributed by atoms with E-state index < -0.39 is 0 Å². The summed E-state index contributed by atoms with van der Waals surface area (Å²) in [6.07, 6.45) is 5.90. The van der Waals surface area contributed by atoms with Gasteiger partial charge >= 0.3 is 0 Å². The van der Waals surface area contributed by atoms with Crippen molar-refractivity contribution in [2.45, 2.75) is 67.2 Å². The Balaban J connectivity index is 0.000000179. The quantitative estimate of drug-likeness (QED) is 0.0843. The molecule has 18 rings (SSSR count). The van der Waals surface area contributed by atoms with Gasteiger partial charge in [-0.05, 0) is 131 Å². The van der Waals surface area contributed by atoms with Crippen LogP contribution in [0.15, 0.2) is 246 Å². The molecule has 494 valence electrons. The molecule has 0 amide bonds. The number of nitrogens with zero attached hydrogens (tertiary/aromatic N) is 8. The first-order chi connectivity index (χ1) is 45.7. The smallest absolute Gasteiger partial charge is 0.249 e. The fourth-order valence-electron chi connectivity index (χ4n) is 13.6. The van der Waals surface area contributed by atoms with Gasteiger partial charge in [-0.25, -0.2) is 14.5 Å². The van der Waals surface area contributed by atoms with Gasteiger partial charge in [0.25, 0.3) is 0 Å². The number of hydrogen-bond acceptors (Lipinski definition) is 8. The maximum Gasteiger partial charge on any atom is 0.249 e. The van der Waals surface area contributed by atoms with Gasteiger partial charge in [-0.15, -0.1) is 41.4 Å². The number of aryl methyl sites for hydroxylation is 1. The molecule has 0 radical (unpaired) electrons. The van der Waals surface area contributed by atoms with Gasteiger partial charge in [-0.1, -0.05) is 141 Å². The number of imidazole rings is 1. The second-order valence-corrected chi connectivity index (χ2v) is 26.4. The summed E-state index contributed by atoms with van der Waals surface area (Å²) in [5, 5.41) is 9.05. The zero-order valence-electron chi connectivity index (χ0n) is 54.0. The number of furan rings is 2. The second kappa shape index (κ2) is 25.7. The van der Waals surface area contributed by atoms with E-state index in [1.807, 2.05) is 92.2 Å². The standard InChI is InChI=1S/C41H33N4O2.C41H31N4O2.2CH4.HI.Pt.H2/c2*1-41(2,3)26-20-21-42-38(22-26)45-34-14-7-5-12-30(34)31-17-16-29(24-36(31)45)46-28-11-9-10-27(23-28)44-25-43(4)39-35(44)19-18-33-32-13-6-8-15-37(32)47-40(33)39;;;;;/h5-25H,1-4H3;5-22,25H,1-4H3;2*1H4;1H;;1H/q+1;-3;;;;;/p-1/i;;;;;;1+1. The monoisotopic (exact) mass is 1580 g/mol. The summed E-state index contributed by atoms with van der Waals surface area (Å²) in [7, 11) is 4.10. The van der Waals surface area contributed by atoms with Crippen LogP contribution in [-0.2, 0) is 38.9 Å². The van der Waals surface area contributed by atoms with E-state index in [0.29, 0.717) is 11.5 Å². The normalized spacial score (nSPS) is 12.3. The van der Waals surface area contributed by atoms with Crippen LogP contribution in [0.4, 0.5) is 17.1 Å². The van der Waals surface area contributed by atoms with E-state index in [0.717, 1.165) is 139 Å². The van der Waals surface area contributed by atoms with Crippen LogP contribution in [0, 0.1) is 18.8 Å². The first kappa shape index (κ1) is 66.4. The topological polar surface area (TPSA) is 95.7 Å². The number of hydrogen-bond donors (Lipinski definition) is 0. The van der Waals surface area contributed by atoms with Gasteiger partial charge in [-0.3, -0.25) is 4.57 Å². The molecule has 7 aromatic heterocycles. The zero-order valence-corrected chi connectivity index (χ0v) is 58.4. The predicted molar refractivity (Wildman–Crippen MR) is 395 cm³/mol. The molecule has 0 saturated heterocycles. The average molecular weight is 1580 g/mol. The van der Waals surface area contributed by atoms with Gasteiger partial charge in [0.05, 0.1) is 23.8 Å². The van der Waals surface area contributed by atoms with E-state index in [1.165, 1.54) is 16.5 Å². The third-order valence-electron chi connectivity index (χ3n) is 18.2. The summed E-state index contributed by atoms with van der Waals surface area (Å²) < 4.78 is 34.5. The molecule has 0 atom stereocenters. The third kappa shape index (κ3) is 11.3. The maximum atomic E-state index is 6.57. The van der Waals surface area contributed by atoms with Crippen molar-refractivity contribution in [2.24, 2.45) is 7.05 Å². The number of fused-ring (bicyclic) bond motifs is 16. The van der Waals surface area contributed by atoms with E-state index in [1.54, 1.807) is 0 Å². The van der Waals surface area contributed by atoms with Gasteiger partial charge in [0.15, 0.2) is 16.7 Å². The minimum absolute atomic E-state index is 0. The van der Waals surface area contributed by atoms with Crippen LogP contribution in [0.2, 0.25) is 0 Å². The van der Waals surface area contributed by atoms with Crippen LogP contribution in [-0.4, -0.2) is 30.7 Å². The summed E-state index contributed by atoms with van der Waals surface area (Å²) in [4.78, 5) is 13.8. The number of aromatic nitrogens is 6. The predicted octanol–water partition coefficient (Wildman–Crippen LogP) is 18.9. The molecule has 0 N–H and O–H groups in total. The number of benzene rings is 10. The van der Waals surface area contributed by atoms with Crippen LogP contribution in [0.5, 0.6) is 23.0 Å². The van der Waals surface area contributed by atoms with Crippen LogP contribution in [0.1, 0.15) is 68.9 Å². The molecule has 98 heavy (non-hydrogen) atoms. The molecule has 0 bridgehead atoms. The van der Waals surface area contributed by atoms with Crippen molar-refractivity contribution in [2.75, 3.05) is 16.8 Å². The molecule has 1 aliphatic heterocycles. The number of ether oxygens (including phenoxy) is 2. The van der Waals surface area contributed by atoms with Crippen molar-refractivity contribution in [1.29, 1.82) is 0 Å².